The van der Waals surface area contributed by atoms with Gasteiger partial charge in [-0.1, -0.05) is 30.3 Å². The molecule has 3 aromatic rings. The Morgan fingerprint density at radius 3 is 2.42 bits per heavy atom. The Bertz CT molecular complexity index is 1460. The SMILES string of the molecule is COC(=O)C[C@@H](CS(=O)(=O)c1ccc(OCc2cc(NC3=NCCN3)cc(C(F)(F)F)c2)cc1)c1ccccc1. The van der Waals surface area contributed by atoms with Crippen LogP contribution in [0.4, 0.5) is 18.9 Å². The van der Waals surface area contributed by atoms with Crippen LogP contribution in [0.1, 0.15) is 29.0 Å². The third kappa shape index (κ3) is 7.75. The first-order valence-electron chi connectivity index (χ1n) is 12.4. The second kappa shape index (κ2) is 12.4. The molecule has 40 heavy (non-hydrogen) atoms. The van der Waals surface area contributed by atoms with Crippen molar-refractivity contribution >= 4 is 27.5 Å². The minimum atomic E-state index is -4.56. The summed E-state index contributed by atoms with van der Waals surface area (Å²) < 4.78 is 77.2. The zero-order valence-corrected chi connectivity index (χ0v) is 22.4. The van der Waals surface area contributed by atoms with Gasteiger partial charge in [0, 0.05) is 18.2 Å². The molecule has 0 spiro atoms. The molecule has 1 heterocycles. The lowest BCUT2D eigenvalue weighted by molar-refractivity contribution is -0.141. The Morgan fingerprint density at radius 1 is 1.07 bits per heavy atom. The second-order valence-electron chi connectivity index (χ2n) is 9.13. The molecule has 0 aromatic heterocycles. The number of guanidine groups is 1. The summed E-state index contributed by atoms with van der Waals surface area (Å²) in [6, 6.07) is 18.0. The number of nitrogens with zero attached hydrogens (tertiary/aromatic N) is 1. The van der Waals surface area contributed by atoms with Crippen molar-refractivity contribution in [3.8, 4) is 5.75 Å². The molecule has 0 saturated heterocycles. The Labute approximate surface area is 230 Å². The number of benzene rings is 3. The van der Waals surface area contributed by atoms with Crippen LogP contribution in [0.3, 0.4) is 0 Å². The average Bonchev–Trinajstić information content (AvgIpc) is 3.44. The number of halogens is 3. The molecule has 0 aliphatic carbocycles. The van der Waals surface area contributed by atoms with Crippen LogP contribution in [0.25, 0.3) is 0 Å². The summed E-state index contributed by atoms with van der Waals surface area (Å²) in [7, 11) is -2.55. The lowest BCUT2D eigenvalue weighted by Crippen LogP contribution is -2.26. The highest BCUT2D eigenvalue weighted by Crippen LogP contribution is 2.33. The van der Waals surface area contributed by atoms with E-state index in [1.165, 1.54) is 37.4 Å². The zero-order chi connectivity index (χ0) is 28.8. The molecule has 1 atom stereocenters. The van der Waals surface area contributed by atoms with E-state index in [0.717, 1.165) is 12.1 Å². The molecule has 0 amide bonds. The molecule has 0 saturated carbocycles. The van der Waals surface area contributed by atoms with Gasteiger partial charge in [-0.05, 0) is 53.6 Å². The van der Waals surface area contributed by atoms with Crippen LogP contribution in [-0.2, 0) is 32.2 Å². The van der Waals surface area contributed by atoms with Crippen molar-refractivity contribution in [3.05, 3.63) is 89.5 Å². The normalized spacial score (nSPS) is 14.2. The number of hydrogen-bond acceptors (Lipinski definition) is 8. The number of carbonyl (C=O) groups excluding carboxylic acids is 1. The number of anilines is 1. The van der Waals surface area contributed by atoms with Gasteiger partial charge in [0.2, 0.25) is 0 Å². The van der Waals surface area contributed by atoms with Gasteiger partial charge in [-0.3, -0.25) is 9.79 Å². The van der Waals surface area contributed by atoms with Crippen LogP contribution in [-0.4, -0.2) is 46.3 Å². The standard InChI is InChI=1S/C28H28F3N3O5S/c1-38-26(35)15-21(20-5-3-2-4-6-20)18-40(36,37)25-9-7-24(8-10-25)39-17-19-13-22(28(29,30)31)16-23(14-19)34-27-32-11-12-33-27/h2-10,13-14,16,21H,11-12,15,17-18H2,1H3,(H2,32,33,34)/t21-/m0/s1. The minimum Gasteiger partial charge on any atom is -0.489 e. The molecule has 8 nitrogen and oxygen atoms in total. The third-order valence-corrected chi connectivity index (χ3v) is 8.01. The fourth-order valence-electron chi connectivity index (χ4n) is 4.18. The van der Waals surface area contributed by atoms with Crippen LogP contribution >= 0.6 is 0 Å². The maximum absolute atomic E-state index is 13.5. The molecule has 1 aliphatic heterocycles. The molecule has 1 aliphatic rings. The minimum absolute atomic E-state index is 0.0287. The Morgan fingerprint density at radius 2 is 1.80 bits per heavy atom. The zero-order valence-electron chi connectivity index (χ0n) is 21.6. The Hall–Kier alpha value is -4.06. The maximum Gasteiger partial charge on any atom is 0.416 e. The number of nitrogens with one attached hydrogen (secondary N) is 2. The number of alkyl halides is 3. The van der Waals surface area contributed by atoms with Gasteiger partial charge < -0.3 is 20.1 Å². The van der Waals surface area contributed by atoms with Crippen molar-refractivity contribution in [1.29, 1.82) is 0 Å². The number of aliphatic imine (C=N–C) groups is 1. The summed E-state index contributed by atoms with van der Waals surface area (Å²) in [6.07, 6.45) is -4.66. The predicted molar refractivity (Wildman–Crippen MR) is 144 cm³/mol. The number of hydrogen-bond donors (Lipinski definition) is 2. The van der Waals surface area contributed by atoms with Gasteiger partial charge >= 0.3 is 12.1 Å². The molecular weight excluding hydrogens is 547 g/mol. The lowest BCUT2D eigenvalue weighted by Gasteiger charge is -2.17. The summed E-state index contributed by atoms with van der Waals surface area (Å²) in [5, 5.41) is 5.79. The topological polar surface area (TPSA) is 106 Å². The Kier molecular flexibility index (Phi) is 8.98. The number of methoxy groups -OCH3 is 1. The molecule has 3 aromatic carbocycles. The first-order valence-corrected chi connectivity index (χ1v) is 14.0. The van der Waals surface area contributed by atoms with Gasteiger partial charge in [-0.2, -0.15) is 13.2 Å². The van der Waals surface area contributed by atoms with Gasteiger partial charge in [0.1, 0.15) is 12.4 Å². The van der Waals surface area contributed by atoms with Gasteiger partial charge in [0.25, 0.3) is 0 Å². The van der Waals surface area contributed by atoms with Gasteiger partial charge in [0.05, 0.1) is 36.3 Å². The molecule has 0 fully saturated rings. The van der Waals surface area contributed by atoms with Gasteiger partial charge in [-0.25, -0.2) is 8.42 Å². The summed E-state index contributed by atoms with van der Waals surface area (Å²) in [5.74, 6) is -0.769. The Balaban J connectivity index is 1.46. The van der Waals surface area contributed by atoms with Gasteiger partial charge in [0.15, 0.2) is 15.8 Å². The number of carbonyl (C=O) groups is 1. The molecule has 0 unspecified atom stereocenters. The number of esters is 1. The van der Waals surface area contributed by atoms with Crippen molar-refractivity contribution in [2.75, 3.05) is 31.3 Å². The third-order valence-electron chi connectivity index (χ3n) is 6.18. The molecule has 4 rings (SSSR count). The van der Waals surface area contributed by atoms with Crippen molar-refractivity contribution in [1.82, 2.24) is 5.32 Å². The van der Waals surface area contributed by atoms with E-state index in [1.54, 1.807) is 30.3 Å². The van der Waals surface area contributed by atoms with E-state index in [4.69, 9.17) is 9.47 Å². The van der Waals surface area contributed by atoms with Gasteiger partial charge in [-0.15, -0.1) is 0 Å². The maximum atomic E-state index is 13.5. The molecule has 2 N–H and O–H groups in total. The van der Waals surface area contributed by atoms with E-state index in [1.807, 2.05) is 0 Å². The molecular formula is C28H28F3N3O5S. The molecule has 0 radical (unpaired) electrons. The van der Waals surface area contributed by atoms with Crippen LogP contribution in [0.15, 0.2) is 82.7 Å². The summed E-state index contributed by atoms with van der Waals surface area (Å²) in [4.78, 5) is 16.1. The fourth-order valence-corrected chi connectivity index (χ4v) is 5.77. The second-order valence-corrected chi connectivity index (χ2v) is 11.2. The number of ether oxygens (including phenoxy) is 2. The van der Waals surface area contributed by atoms with E-state index >= 15 is 0 Å². The van der Waals surface area contributed by atoms with E-state index < -0.39 is 33.5 Å². The molecule has 12 heteroatoms. The molecule has 212 valence electrons. The van der Waals surface area contributed by atoms with E-state index in [9.17, 15) is 26.4 Å². The first-order chi connectivity index (χ1) is 19.0. The van der Waals surface area contributed by atoms with Crippen molar-refractivity contribution in [3.63, 3.8) is 0 Å². The first kappa shape index (κ1) is 28.9. The van der Waals surface area contributed by atoms with E-state index in [0.29, 0.717) is 24.6 Å². The largest absolute Gasteiger partial charge is 0.489 e. The number of rotatable bonds is 10. The highest BCUT2D eigenvalue weighted by atomic mass is 32.2. The fraction of sp³-hybridized carbons (Fsp3) is 0.286. The van der Waals surface area contributed by atoms with Crippen LogP contribution in [0, 0.1) is 0 Å². The monoisotopic (exact) mass is 575 g/mol. The van der Waals surface area contributed by atoms with Crippen molar-refractivity contribution in [2.24, 2.45) is 4.99 Å². The smallest absolute Gasteiger partial charge is 0.416 e. The van der Waals surface area contributed by atoms with Crippen LogP contribution in [0.2, 0.25) is 0 Å². The quantitative estimate of drug-likeness (QED) is 0.336. The highest BCUT2D eigenvalue weighted by Gasteiger charge is 2.31. The predicted octanol–water partition coefficient (Wildman–Crippen LogP) is 4.78. The van der Waals surface area contributed by atoms with Crippen molar-refractivity contribution < 1.29 is 35.9 Å². The van der Waals surface area contributed by atoms with E-state index in [2.05, 4.69) is 15.6 Å². The van der Waals surface area contributed by atoms with Crippen molar-refractivity contribution in [2.45, 2.75) is 30.0 Å². The average molecular weight is 576 g/mol. The lowest BCUT2D eigenvalue weighted by atomic mass is 9.98. The van der Waals surface area contributed by atoms with Crippen LogP contribution in [0.5, 0.6) is 5.75 Å². The summed E-state index contributed by atoms with van der Waals surface area (Å²) in [5.41, 5.74) is 0.335. The summed E-state index contributed by atoms with van der Waals surface area (Å²) in [6.45, 7) is 0.947. The molecule has 0 bridgehead atoms. The van der Waals surface area contributed by atoms with Crippen LogP contribution < -0.4 is 15.4 Å². The highest BCUT2D eigenvalue weighted by molar-refractivity contribution is 7.91. The summed E-state index contributed by atoms with van der Waals surface area (Å²) >= 11 is 0. The van der Waals surface area contributed by atoms with E-state index in [-0.39, 0.29) is 40.7 Å². The number of sulfone groups is 1.